The van der Waals surface area contributed by atoms with Crippen molar-refractivity contribution >= 4 is 5.91 Å². The van der Waals surface area contributed by atoms with Gasteiger partial charge in [0.2, 0.25) is 5.91 Å². The van der Waals surface area contributed by atoms with E-state index in [4.69, 9.17) is 5.11 Å². The standard InChI is InChI=1S/C15H30N2O2/c1-14(2,3)11(7-10-18)17-13(19)12-15(4,5)8-6-9-16-12/h11-12,16,18H,6-10H2,1-5H3,(H,17,19). The molecule has 4 heteroatoms. The third-order valence-electron chi connectivity index (χ3n) is 4.17. The van der Waals surface area contributed by atoms with E-state index in [0.29, 0.717) is 6.42 Å². The summed E-state index contributed by atoms with van der Waals surface area (Å²) in [5.74, 6) is 0.0677. The minimum atomic E-state index is -0.134. The Labute approximate surface area is 117 Å². The van der Waals surface area contributed by atoms with Crippen LogP contribution in [-0.4, -0.2) is 36.2 Å². The van der Waals surface area contributed by atoms with Crippen LogP contribution < -0.4 is 10.6 Å². The average Bonchev–Trinajstić information content (AvgIpc) is 2.26. The molecule has 1 saturated heterocycles. The molecule has 0 aromatic heterocycles. The first-order chi connectivity index (χ1) is 8.68. The van der Waals surface area contributed by atoms with E-state index in [-0.39, 0.29) is 35.4 Å². The molecule has 0 aromatic carbocycles. The van der Waals surface area contributed by atoms with Crippen LogP contribution in [0.1, 0.15) is 53.9 Å². The van der Waals surface area contributed by atoms with E-state index in [1.807, 2.05) is 0 Å². The topological polar surface area (TPSA) is 61.4 Å². The molecule has 19 heavy (non-hydrogen) atoms. The third-order valence-corrected chi connectivity index (χ3v) is 4.17. The van der Waals surface area contributed by atoms with Gasteiger partial charge in [0, 0.05) is 12.6 Å². The Hall–Kier alpha value is -0.610. The van der Waals surface area contributed by atoms with Gasteiger partial charge in [-0.25, -0.2) is 0 Å². The van der Waals surface area contributed by atoms with Crippen molar-refractivity contribution in [2.24, 2.45) is 10.8 Å². The van der Waals surface area contributed by atoms with Gasteiger partial charge in [-0.15, -0.1) is 0 Å². The summed E-state index contributed by atoms with van der Waals surface area (Å²) >= 11 is 0. The van der Waals surface area contributed by atoms with Crippen molar-refractivity contribution in [2.45, 2.75) is 66.0 Å². The van der Waals surface area contributed by atoms with Crippen LogP contribution in [-0.2, 0) is 4.79 Å². The molecule has 1 fully saturated rings. The third kappa shape index (κ3) is 4.46. The van der Waals surface area contributed by atoms with E-state index in [1.165, 1.54) is 0 Å². The highest BCUT2D eigenvalue weighted by atomic mass is 16.3. The molecule has 1 rings (SSSR count). The molecule has 0 spiro atoms. The molecule has 112 valence electrons. The molecule has 2 unspecified atom stereocenters. The summed E-state index contributed by atoms with van der Waals surface area (Å²) in [7, 11) is 0. The van der Waals surface area contributed by atoms with Gasteiger partial charge in [-0.1, -0.05) is 34.6 Å². The van der Waals surface area contributed by atoms with Gasteiger partial charge in [-0.3, -0.25) is 4.79 Å². The lowest BCUT2D eigenvalue weighted by Gasteiger charge is -2.40. The Morgan fingerprint density at radius 1 is 1.47 bits per heavy atom. The number of aliphatic hydroxyl groups is 1. The first-order valence-electron chi connectivity index (χ1n) is 7.33. The van der Waals surface area contributed by atoms with Crippen LogP contribution in [0.3, 0.4) is 0 Å². The zero-order valence-corrected chi connectivity index (χ0v) is 13.0. The number of hydrogen-bond donors (Lipinski definition) is 3. The van der Waals surface area contributed by atoms with E-state index in [9.17, 15) is 4.79 Å². The average molecular weight is 270 g/mol. The quantitative estimate of drug-likeness (QED) is 0.728. The maximum Gasteiger partial charge on any atom is 0.237 e. The number of rotatable bonds is 4. The molecule has 1 amide bonds. The van der Waals surface area contributed by atoms with Crippen LogP contribution in [0.25, 0.3) is 0 Å². The largest absolute Gasteiger partial charge is 0.396 e. The van der Waals surface area contributed by atoms with Crippen molar-refractivity contribution in [3.8, 4) is 0 Å². The molecule has 4 nitrogen and oxygen atoms in total. The molecule has 0 radical (unpaired) electrons. The molecule has 0 bridgehead atoms. The summed E-state index contributed by atoms with van der Waals surface area (Å²) in [6, 6.07) is -0.130. The molecule has 0 aliphatic carbocycles. The Morgan fingerprint density at radius 2 is 2.11 bits per heavy atom. The number of carbonyl (C=O) groups excluding carboxylic acids is 1. The fourth-order valence-electron chi connectivity index (χ4n) is 2.76. The summed E-state index contributed by atoms with van der Waals surface area (Å²) in [5, 5.41) is 15.6. The minimum Gasteiger partial charge on any atom is -0.396 e. The molecule has 1 aliphatic heterocycles. The van der Waals surface area contributed by atoms with Gasteiger partial charge in [0.1, 0.15) is 0 Å². The molecular weight excluding hydrogens is 240 g/mol. The second-order valence-corrected chi connectivity index (χ2v) is 7.42. The molecule has 0 saturated carbocycles. The molecule has 1 aliphatic rings. The normalized spacial score (nSPS) is 24.8. The maximum absolute atomic E-state index is 12.5. The van der Waals surface area contributed by atoms with E-state index >= 15 is 0 Å². The van der Waals surface area contributed by atoms with Crippen LogP contribution in [0, 0.1) is 10.8 Å². The van der Waals surface area contributed by atoms with E-state index in [1.54, 1.807) is 0 Å². The number of nitrogens with one attached hydrogen (secondary N) is 2. The van der Waals surface area contributed by atoms with Crippen LogP contribution in [0.2, 0.25) is 0 Å². The fourth-order valence-corrected chi connectivity index (χ4v) is 2.76. The Kier molecular flexibility index (Phi) is 5.39. The monoisotopic (exact) mass is 270 g/mol. The summed E-state index contributed by atoms with van der Waals surface area (Å²) in [6.45, 7) is 11.6. The highest BCUT2D eigenvalue weighted by Gasteiger charge is 2.38. The van der Waals surface area contributed by atoms with Crippen molar-refractivity contribution < 1.29 is 9.90 Å². The van der Waals surface area contributed by atoms with Crippen molar-refractivity contribution in [2.75, 3.05) is 13.2 Å². The number of carbonyl (C=O) groups is 1. The van der Waals surface area contributed by atoms with E-state index in [2.05, 4.69) is 45.3 Å². The molecule has 2 atom stereocenters. The molecule has 3 N–H and O–H groups in total. The first kappa shape index (κ1) is 16.4. The predicted molar refractivity (Wildman–Crippen MR) is 77.9 cm³/mol. The Morgan fingerprint density at radius 3 is 2.58 bits per heavy atom. The van der Waals surface area contributed by atoms with E-state index < -0.39 is 0 Å². The lowest BCUT2D eigenvalue weighted by Crippen LogP contribution is -2.58. The van der Waals surface area contributed by atoms with Crippen LogP contribution in [0.4, 0.5) is 0 Å². The van der Waals surface area contributed by atoms with Crippen molar-refractivity contribution in [3.05, 3.63) is 0 Å². The van der Waals surface area contributed by atoms with Gasteiger partial charge in [0.05, 0.1) is 6.04 Å². The van der Waals surface area contributed by atoms with Crippen molar-refractivity contribution in [1.29, 1.82) is 0 Å². The van der Waals surface area contributed by atoms with E-state index in [0.717, 1.165) is 19.4 Å². The lowest BCUT2D eigenvalue weighted by molar-refractivity contribution is -0.128. The fraction of sp³-hybridized carbons (Fsp3) is 0.933. The van der Waals surface area contributed by atoms with Gasteiger partial charge in [-0.2, -0.15) is 0 Å². The molecule has 1 heterocycles. The van der Waals surface area contributed by atoms with Gasteiger partial charge in [0.15, 0.2) is 0 Å². The molecular formula is C15H30N2O2. The van der Waals surface area contributed by atoms with Gasteiger partial charge >= 0.3 is 0 Å². The number of aliphatic hydroxyl groups excluding tert-OH is 1. The minimum absolute atomic E-state index is 0.00419. The zero-order valence-electron chi connectivity index (χ0n) is 13.0. The summed E-state index contributed by atoms with van der Waals surface area (Å²) in [4.78, 5) is 12.5. The highest BCUT2D eigenvalue weighted by molar-refractivity contribution is 5.83. The first-order valence-corrected chi connectivity index (χ1v) is 7.33. The van der Waals surface area contributed by atoms with Crippen LogP contribution >= 0.6 is 0 Å². The smallest absolute Gasteiger partial charge is 0.237 e. The van der Waals surface area contributed by atoms with Crippen molar-refractivity contribution in [1.82, 2.24) is 10.6 Å². The lowest BCUT2D eigenvalue weighted by atomic mass is 9.76. The van der Waals surface area contributed by atoms with Gasteiger partial charge in [0.25, 0.3) is 0 Å². The number of piperidine rings is 1. The highest BCUT2D eigenvalue weighted by Crippen LogP contribution is 2.31. The number of amides is 1. The second kappa shape index (κ2) is 6.23. The van der Waals surface area contributed by atoms with Crippen LogP contribution in [0.15, 0.2) is 0 Å². The summed E-state index contributed by atoms with van der Waals surface area (Å²) in [6.07, 6.45) is 2.79. The second-order valence-electron chi connectivity index (χ2n) is 7.42. The Bertz CT molecular complexity index is 308. The molecule has 0 aromatic rings. The Balaban J connectivity index is 2.71. The van der Waals surface area contributed by atoms with Gasteiger partial charge < -0.3 is 15.7 Å². The predicted octanol–water partition coefficient (Wildman–Crippen LogP) is 1.68. The van der Waals surface area contributed by atoms with Crippen molar-refractivity contribution in [3.63, 3.8) is 0 Å². The summed E-state index contributed by atoms with van der Waals surface area (Å²) in [5.41, 5.74) is -0.0544. The van der Waals surface area contributed by atoms with Crippen LogP contribution in [0.5, 0.6) is 0 Å². The SMILES string of the molecule is CC(C)(C)C(CCO)NC(=O)C1NCCCC1(C)C. The maximum atomic E-state index is 12.5. The summed E-state index contributed by atoms with van der Waals surface area (Å²) < 4.78 is 0. The number of hydrogen-bond acceptors (Lipinski definition) is 3. The van der Waals surface area contributed by atoms with Gasteiger partial charge in [-0.05, 0) is 36.6 Å². The zero-order chi connectivity index (χ0) is 14.7.